The van der Waals surface area contributed by atoms with Crippen LogP contribution in [0.4, 0.5) is 17.6 Å². The number of hydrogen-bond donors (Lipinski definition) is 0. The lowest BCUT2D eigenvalue weighted by atomic mass is 10.1. The third kappa shape index (κ3) is 1.89. The van der Waals surface area contributed by atoms with Crippen molar-refractivity contribution < 1.29 is 17.6 Å². The largest absolute Gasteiger partial charge is 0.416 e. The van der Waals surface area contributed by atoms with Crippen LogP contribution in [0, 0.1) is 5.82 Å². The molecule has 14 heavy (non-hydrogen) atoms. The van der Waals surface area contributed by atoms with Crippen LogP contribution in [0.2, 0.25) is 0 Å². The molecule has 0 atom stereocenters. The number of halogens is 4. The van der Waals surface area contributed by atoms with E-state index in [2.05, 4.69) is 0 Å². The molecule has 1 aromatic carbocycles. The van der Waals surface area contributed by atoms with Crippen LogP contribution >= 0.6 is 0 Å². The lowest BCUT2D eigenvalue weighted by Crippen LogP contribution is -2.06. The third-order valence-electron chi connectivity index (χ3n) is 2.30. The summed E-state index contributed by atoms with van der Waals surface area (Å²) in [5.41, 5.74) is -0.420. The standard InChI is InChI=1S/C10H8F4/c11-9-4-7(6-1-2-6)3-8(5-9)10(12,13)14/h3-6H,1-2H2. The van der Waals surface area contributed by atoms with E-state index in [0.29, 0.717) is 11.6 Å². The lowest BCUT2D eigenvalue weighted by Gasteiger charge is -2.08. The van der Waals surface area contributed by atoms with Crippen molar-refractivity contribution in [2.24, 2.45) is 0 Å². The van der Waals surface area contributed by atoms with Gasteiger partial charge in [0.15, 0.2) is 0 Å². The van der Waals surface area contributed by atoms with Gasteiger partial charge in [-0.15, -0.1) is 0 Å². The van der Waals surface area contributed by atoms with Crippen LogP contribution in [0.15, 0.2) is 18.2 Å². The molecular weight excluding hydrogens is 196 g/mol. The number of benzene rings is 1. The second kappa shape index (κ2) is 2.97. The van der Waals surface area contributed by atoms with Crippen LogP contribution in [-0.2, 0) is 6.18 Å². The highest BCUT2D eigenvalue weighted by molar-refractivity contribution is 5.31. The highest BCUT2D eigenvalue weighted by atomic mass is 19.4. The van der Waals surface area contributed by atoms with Gasteiger partial charge in [0.1, 0.15) is 5.82 Å². The minimum atomic E-state index is -4.45. The van der Waals surface area contributed by atoms with Crippen molar-refractivity contribution in [3.63, 3.8) is 0 Å². The van der Waals surface area contributed by atoms with E-state index >= 15 is 0 Å². The van der Waals surface area contributed by atoms with Crippen LogP contribution in [-0.4, -0.2) is 0 Å². The summed E-state index contributed by atoms with van der Waals surface area (Å²) in [4.78, 5) is 0. The molecule has 2 rings (SSSR count). The van der Waals surface area contributed by atoms with Gasteiger partial charge in [0.2, 0.25) is 0 Å². The fraction of sp³-hybridized carbons (Fsp3) is 0.400. The van der Waals surface area contributed by atoms with E-state index in [-0.39, 0.29) is 5.92 Å². The Kier molecular flexibility index (Phi) is 2.01. The molecule has 0 aromatic heterocycles. The van der Waals surface area contributed by atoms with Crippen molar-refractivity contribution in [2.75, 3.05) is 0 Å². The summed E-state index contributed by atoms with van der Waals surface area (Å²) in [5, 5.41) is 0. The molecule has 1 saturated carbocycles. The van der Waals surface area contributed by atoms with Gasteiger partial charge in [-0.1, -0.05) is 0 Å². The predicted octanol–water partition coefficient (Wildman–Crippen LogP) is 3.72. The van der Waals surface area contributed by atoms with E-state index in [4.69, 9.17) is 0 Å². The predicted molar refractivity (Wildman–Crippen MR) is 43.4 cm³/mol. The highest BCUT2D eigenvalue weighted by Gasteiger charge is 2.33. The summed E-state index contributed by atoms with van der Waals surface area (Å²) >= 11 is 0. The fourth-order valence-electron chi connectivity index (χ4n) is 1.43. The molecule has 0 aliphatic heterocycles. The van der Waals surface area contributed by atoms with E-state index in [1.54, 1.807) is 0 Å². The zero-order valence-electron chi connectivity index (χ0n) is 7.24. The molecule has 0 bridgehead atoms. The zero-order chi connectivity index (χ0) is 10.3. The normalized spacial score (nSPS) is 17.1. The topological polar surface area (TPSA) is 0 Å². The fourth-order valence-corrected chi connectivity index (χ4v) is 1.43. The quantitative estimate of drug-likeness (QED) is 0.611. The monoisotopic (exact) mass is 204 g/mol. The molecule has 1 fully saturated rings. The van der Waals surface area contributed by atoms with Crippen molar-refractivity contribution in [3.05, 3.63) is 35.1 Å². The highest BCUT2D eigenvalue weighted by Crippen LogP contribution is 2.42. The van der Waals surface area contributed by atoms with Gasteiger partial charge in [0.25, 0.3) is 0 Å². The van der Waals surface area contributed by atoms with Gasteiger partial charge in [-0.3, -0.25) is 0 Å². The van der Waals surface area contributed by atoms with Gasteiger partial charge in [-0.25, -0.2) is 4.39 Å². The summed E-state index contributed by atoms with van der Waals surface area (Å²) in [6, 6.07) is 2.76. The Balaban J connectivity index is 2.41. The van der Waals surface area contributed by atoms with E-state index in [0.717, 1.165) is 18.9 Å². The van der Waals surface area contributed by atoms with Crippen molar-refractivity contribution in [2.45, 2.75) is 24.9 Å². The average Bonchev–Trinajstić information content (AvgIpc) is 2.83. The molecule has 0 saturated heterocycles. The Morgan fingerprint density at radius 2 is 1.71 bits per heavy atom. The third-order valence-corrected chi connectivity index (χ3v) is 2.30. The first-order chi connectivity index (χ1) is 6.47. The number of hydrogen-bond acceptors (Lipinski definition) is 0. The summed E-state index contributed by atoms with van der Waals surface area (Å²) < 4.78 is 49.6. The van der Waals surface area contributed by atoms with Crippen molar-refractivity contribution in [3.8, 4) is 0 Å². The summed E-state index contributed by atoms with van der Waals surface area (Å²) in [6.45, 7) is 0. The molecule has 76 valence electrons. The van der Waals surface area contributed by atoms with Crippen molar-refractivity contribution in [1.82, 2.24) is 0 Å². The molecule has 1 aliphatic rings. The van der Waals surface area contributed by atoms with E-state index in [1.807, 2.05) is 0 Å². The van der Waals surface area contributed by atoms with Gasteiger partial charge in [0, 0.05) is 0 Å². The minimum absolute atomic E-state index is 0.131. The molecule has 0 N–H and O–H groups in total. The summed E-state index contributed by atoms with van der Waals surface area (Å²) in [7, 11) is 0. The summed E-state index contributed by atoms with van der Waals surface area (Å²) in [5.74, 6) is -0.673. The first kappa shape index (κ1) is 9.49. The molecule has 0 amide bonds. The molecule has 0 nitrogen and oxygen atoms in total. The maximum Gasteiger partial charge on any atom is 0.416 e. The molecular formula is C10H8F4. The number of alkyl halides is 3. The Labute approximate surface area is 78.5 Å². The van der Waals surface area contributed by atoms with Crippen LogP contribution in [0.5, 0.6) is 0 Å². The van der Waals surface area contributed by atoms with Gasteiger partial charge >= 0.3 is 6.18 Å². The Hall–Kier alpha value is -1.06. The first-order valence-electron chi connectivity index (χ1n) is 4.34. The van der Waals surface area contributed by atoms with Gasteiger partial charge in [0.05, 0.1) is 5.56 Å². The average molecular weight is 204 g/mol. The van der Waals surface area contributed by atoms with Crippen LogP contribution in [0.3, 0.4) is 0 Å². The van der Waals surface area contributed by atoms with Gasteiger partial charge in [-0.05, 0) is 42.5 Å². The molecule has 0 heterocycles. The second-order valence-corrected chi connectivity index (χ2v) is 3.55. The Morgan fingerprint density at radius 3 is 2.21 bits per heavy atom. The smallest absolute Gasteiger partial charge is 0.207 e. The second-order valence-electron chi connectivity index (χ2n) is 3.55. The van der Waals surface area contributed by atoms with Crippen molar-refractivity contribution in [1.29, 1.82) is 0 Å². The molecule has 0 unspecified atom stereocenters. The lowest BCUT2D eigenvalue weighted by molar-refractivity contribution is -0.137. The summed E-state index contributed by atoms with van der Waals surface area (Å²) in [6.07, 6.45) is -2.73. The maximum absolute atomic E-state index is 12.8. The van der Waals surface area contributed by atoms with Gasteiger partial charge in [-0.2, -0.15) is 13.2 Å². The molecule has 1 aliphatic carbocycles. The number of rotatable bonds is 1. The first-order valence-corrected chi connectivity index (χ1v) is 4.34. The van der Waals surface area contributed by atoms with Crippen LogP contribution in [0.1, 0.15) is 29.9 Å². The Morgan fingerprint density at radius 1 is 1.07 bits per heavy atom. The van der Waals surface area contributed by atoms with Crippen LogP contribution < -0.4 is 0 Å². The van der Waals surface area contributed by atoms with E-state index < -0.39 is 17.6 Å². The maximum atomic E-state index is 12.8. The Bertz CT molecular complexity index is 350. The molecule has 4 heteroatoms. The van der Waals surface area contributed by atoms with Crippen LogP contribution in [0.25, 0.3) is 0 Å². The minimum Gasteiger partial charge on any atom is -0.207 e. The SMILES string of the molecule is Fc1cc(C2CC2)cc(C(F)(F)F)c1. The van der Waals surface area contributed by atoms with E-state index in [9.17, 15) is 17.6 Å². The van der Waals surface area contributed by atoms with Crippen molar-refractivity contribution >= 4 is 0 Å². The molecule has 0 radical (unpaired) electrons. The molecule has 1 aromatic rings. The zero-order valence-corrected chi connectivity index (χ0v) is 7.24. The molecule has 0 spiro atoms. The van der Waals surface area contributed by atoms with Gasteiger partial charge < -0.3 is 0 Å². The van der Waals surface area contributed by atoms with E-state index in [1.165, 1.54) is 6.07 Å².